The van der Waals surface area contributed by atoms with Crippen LogP contribution in [0.25, 0.3) is 22.6 Å². The third-order valence-electron chi connectivity index (χ3n) is 4.03. The summed E-state index contributed by atoms with van der Waals surface area (Å²) in [5.41, 5.74) is 3.39. The van der Waals surface area contributed by atoms with E-state index in [0.29, 0.717) is 28.0 Å². The lowest BCUT2D eigenvalue weighted by molar-refractivity contribution is 0.0996. The number of nitrogens with one attached hydrogen (secondary N) is 1. The normalized spacial score (nSPS) is 10.8. The Morgan fingerprint density at radius 3 is 2.64 bits per heavy atom. The van der Waals surface area contributed by atoms with Gasteiger partial charge in [0.15, 0.2) is 11.0 Å². The van der Waals surface area contributed by atoms with E-state index in [1.54, 1.807) is 25.3 Å². The fourth-order valence-electron chi connectivity index (χ4n) is 2.73. The Bertz CT molecular complexity index is 1150. The van der Waals surface area contributed by atoms with Crippen molar-refractivity contribution in [3.63, 3.8) is 0 Å². The Balaban J connectivity index is 1.60. The van der Waals surface area contributed by atoms with Crippen LogP contribution in [0.2, 0.25) is 0 Å². The van der Waals surface area contributed by atoms with E-state index in [-0.39, 0.29) is 11.6 Å². The number of anilines is 1. The van der Waals surface area contributed by atoms with Gasteiger partial charge in [0.25, 0.3) is 5.91 Å². The zero-order valence-corrected chi connectivity index (χ0v) is 15.9. The molecule has 1 amide bonds. The first-order valence-electron chi connectivity index (χ1n) is 8.43. The van der Waals surface area contributed by atoms with Crippen molar-refractivity contribution in [2.75, 3.05) is 5.32 Å². The Morgan fingerprint density at radius 1 is 1.11 bits per heavy atom. The summed E-state index contributed by atoms with van der Waals surface area (Å²) in [6.45, 7) is 3.60. The number of hydrogen-bond donors (Lipinski definition) is 1. The van der Waals surface area contributed by atoms with Crippen LogP contribution in [-0.4, -0.2) is 20.9 Å². The standard InChI is InChI=1S/C20H15FN4O2S/c1-11-4-3-9-22-16(11)15-10-28-20(24-15)25-19(26)18-17(23-12(2)27-18)13-5-7-14(21)8-6-13/h3-10H,1-2H3,(H,24,25,26). The third-order valence-corrected chi connectivity index (χ3v) is 4.79. The van der Waals surface area contributed by atoms with Crippen molar-refractivity contribution in [3.05, 3.63) is 71.0 Å². The number of rotatable bonds is 4. The molecule has 0 unspecified atom stereocenters. The second-order valence-electron chi connectivity index (χ2n) is 6.08. The van der Waals surface area contributed by atoms with Crippen LogP contribution in [0.4, 0.5) is 9.52 Å². The molecule has 4 aromatic rings. The van der Waals surface area contributed by atoms with E-state index < -0.39 is 5.91 Å². The third kappa shape index (κ3) is 3.54. The molecule has 1 N–H and O–H groups in total. The topological polar surface area (TPSA) is 80.9 Å². The molecule has 0 saturated heterocycles. The highest BCUT2D eigenvalue weighted by atomic mass is 32.1. The molecule has 0 bridgehead atoms. The van der Waals surface area contributed by atoms with E-state index in [0.717, 1.165) is 11.3 Å². The molecular formula is C20H15FN4O2S. The zero-order chi connectivity index (χ0) is 19.7. The van der Waals surface area contributed by atoms with Gasteiger partial charge >= 0.3 is 0 Å². The summed E-state index contributed by atoms with van der Waals surface area (Å²) in [5.74, 6) is -0.447. The van der Waals surface area contributed by atoms with Crippen LogP contribution in [-0.2, 0) is 0 Å². The van der Waals surface area contributed by atoms with Gasteiger partial charge in [-0.15, -0.1) is 11.3 Å². The Hall–Kier alpha value is -3.39. The van der Waals surface area contributed by atoms with E-state index in [4.69, 9.17) is 4.42 Å². The molecule has 4 rings (SSSR count). The van der Waals surface area contributed by atoms with Crippen molar-refractivity contribution in [3.8, 4) is 22.6 Å². The highest BCUT2D eigenvalue weighted by molar-refractivity contribution is 7.14. The van der Waals surface area contributed by atoms with Crippen LogP contribution < -0.4 is 5.32 Å². The SMILES string of the molecule is Cc1nc(-c2ccc(F)cc2)c(C(=O)Nc2nc(-c3ncccc3C)cs2)o1. The van der Waals surface area contributed by atoms with Gasteiger partial charge in [0, 0.05) is 24.1 Å². The van der Waals surface area contributed by atoms with E-state index in [9.17, 15) is 9.18 Å². The number of halogens is 1. The van der Waals surface area contributed by atoms with Crippen molar-refractivity contribution in [1.29, 1.82) is 0 Å². The van der Waals surface area contributed by atoms with Gasteiger partial charge in [0.1, 0.15) is 17.2 Å². The maximum absolute atomic E-state index is 13.2. The summed E-state index contributed by atoms with van der Waals surface area (Å²) in [4.78, 5) is 25.8. The average molecular weight is 394 g/mol. The highest BCUT2D eigenvalue weighted by Crippen LogP contribution is 2.28. The zero-order valence-electron chi connectivity index (χ0n) is 15.1. The maximum atomic E-state index is 13.2. The minimum atomic E-state index is -0.474. The lowest BCUT2D eigenvalue weighted by Crippen LogP contribution is -2.12. The number of aryl methyl sites for hydroxylation is 2. The quantitative estimate of drug-likeness (QED) is 0.534. The summed E-state index contributed by atoms with van der Waals surface area (Å²) >= 11 is 1.29. The van der Waals surface area contributed by atoms with Crippen molar-refractivity contribution in [1.82, 2.24) is 15.0 Å². The van der Waals surface area contributed by atoms with Gasteiger partial charge in [-0.05, 0) is 42.8 Å². The molecule has 0 fully saturated rings. The van der Waals surface area contributed by atoms with Gasteiger partial charge in [0.05, 0.1) is 5.69 Å². The Kier molecular flexibility index (Phi) is 4.70. The van der Waals surface area contributed by atoms with Crippen molar-refractivity contribution >= 4 is 22.4 Å². The van der Waals surface area contributed by atoms with Crippen molar-refractivity contribution in [2.24, 2.45) is 0 Å². The molecule has 8 heteroatoms. The molecule has 0 spiro atoms. The minimum Gasteiger partial charge on any atom is -0.435 e. The largest absolute Gasteiger partial charge is 0.435 e. The molecule has 1 aromatic carbocycles. The summed E-state index contributed by atoms with van der Waals surface area (Å²) < 4.78 is 18.7. The molecule has 0 saturated carbocycles. The van der Waals surface area contributed by atoms with Crippen molar-refractivity contribution in [2.45, 2.75) is 13.8 Å². The lowest BCUT2D eigenvalue weighted by atomic mass is 10.1. The number of carbonyl (C=O) groups is 1. The first-order chi connectivity index (χ1) is 13.5. The number of thiazole rings is 1. The van der Waals surface area contributed by atoms with Gasteiger partial charge in [0.2, 0.25) is 5.76 Å². The molecule has 3 aromatic heterocycles. The number of hydrogen-bond acceptors (Lipinski definition) is 6. The van der Waals surface area contributed by atoms with E-state index in [2.05, 4.69) is 20.3 Å². The maximum Gasteiger partial charge on any atom is 0.295 e. The van der Waals surface area contributed by atoms with Crippen LogP contribution in [0.5, 0.6) is 0 Å². The fraction of sp³-hybridized carbons (Fsp3) is 0.100. The molecule has 0 atom stereocenters. The number of aromatic nitrogens is 3. The van der Waals surface area contributed by atoms with Crippen LogP contribution in [0.1, 0.15) is 22.0 Å². The predicted octanol–water partition coefficient (Wildman–Crippen LogP) is 4.87. The van der Waals surface area contributed by atoms with Crippen LogP contribution in [0.3, 0.4) is 0 Å². The summed E-state index contributed by atoms with van der Waals surface area (Å²) in [7, 11) is 0. The second kappa shape index (κ2) is 7.32. The van der Waals surface area contributed by atoms with Gasteiger partial charge in [-0.1, -0.05) is 6.07 Å². The minimum absolute atomic E-state index is 0.0508. The monoisotopic (exact) mass is 394 g/mol. The molecule has 0 aliphatic rings. The Morgan fingerprint density at radius 2 is 1.89 bits per heavy atom. The first-order valence-corrected chi connectivity index (χ1v) is 9.31. The second-order valence-corrected chi connectivity index (χ2v) is 6.94. The number of nitrogens with zero attached hydrogens (tertiary/aromatic N) is 3. The smallest absolute Gasteiger partial charge is 0.295 e. The lowest BCUT2D eigenvalue weighted by Gasteiger charge is -2.02. The van der Waals surface area contributed by atoms with Crippen LogP contribution in [0, 0.1) is 19.7 Å². The first kappa shape index (κ1) is 18.0. The van der Waals surface area contributed by atoms with Crippen LogP contribution in [0.15, 0.2) is 52.4 Å². The van der Waals surface area contributed by atoms with Gasteiger partial charge < -0.3 is 4.42 Å². The molecule has 140 valence electrons. The number of amides is 1. The number of carbonyl (C=O) groups excluding carboxylic acids is 1. The molecule has 6 nitrogen and oxygen atoms in total. The van der Waals surface area contributed by atoms with Gasteiger partial charge in [-0.25, -0.2) is 14.4 Å². The van der Waals surface area contributed by atoms with E-state index in [1.807, 2.05) is 24.4 Å². The van der Waals surface area contributed by atoms with E-state index in [1.165, 1.54) is 23.5 Å². The van der Waals surface area contributed by atoms with Crippen LogP contribution >= 0.6 is 11.3 Å². The summed E-state index contributed by atoms with van der Waals surface area (Å²) in [5, 5.41) is 4.99. The number of benzene rings is 1. The van der Waals surface area contributed by atoms with Gasteiger partial charge in [-0.3, -0.25) is 15.1 Å². The molecule has 0 aliphatic carbocycles. The van der Waals surface area contributed by atoms with Crippen molar-refractivity contribution < 1.29 is 13.6 Å². The summed E-state index contributed by atoms with van der Waals surface area (Å²) in [6, 6.07) is 9.53. The molecular weight excluding hydrogens is 379 g/mol. The average Bonchev–Trinajstić information content (AvgIpc) is 3.29. The van der Waals surface area contributed by atoms with E-state index >= 15 is 0 Å². The molecule has 3 heterocycles. The summed E-state index contributed by atoms with van der Waals surface area (Å²) in [6.07, 6.45) is 1.70. The molecule has 0 radical (unpaired) electrons. The predicted molar refractivity (Wildman–Crippen MR) is 105 cm³/mol. The highest BCUT2D eigenvalue weighted by Gasteiger charge is 2.22. The molecule has 0 aliphatic heterocycles. The number of oxazole rings is 1. The molecule has 28 heavy (non-hydrogen) atoms. The Labute approximate surface area is 164 Å². The number of pyridine rings is 1. The fourth-order valence-corrected chi connectivity index (χ4v) is 3.42. The van der Waals surface area contributed by atoms with Gasteiger partial charge in [-0.2, -0.15) is 0 Å².